The van der Waals surface area contributed by atoms with Gasteiger partial charge in [-0.05, 0) is 44.2 Å². The number of methoxy groups -OCH3 is 1. The van der Waals surface area contributed by atoms with Crippen LogP contribution < -0.4 is 16.2 Å². The number of rotatable bonds is 6. The molecule has 0 amide bonds. The van der Waals surface area contributed by atoms with E-state index >= 15 is 0 Å². The minimum absolute atomic E-state index is 0.0755. The lowest BCUT2D eigenvalue weighted by Gasteiger charge is -2.41. The van der Waals surface area contributed by atoms with Gasteiger partial charge in [-0.15, -0.1) is 0 Å². The third-order valence-corrected chi connectivity index (χ3v) is 9.15. The van der Waals surface area contributed by atoms with Crippen molar-refractivity contribution in [3.05, 3.63) is 52.2 Å². The molecule has 2 aliphatic rings. The van der Waals surface area contributed by atoms with Crippen LogP contribution in [-0.4, -0.2) is 59.6 Å². The van der Waals surface area contributed by atoms with Gasteiger partial charge in [-0.3, -0.25) is 4.79 Å². The van der Waals surface area contributed by atoms with Crippen molar-refractivity contribution < 1.29 is 9.47 Å². The van der Waals surface area contributed by atoms with Crippen LogP contribution in [0.1, 0.15) is 26.7 Å². The number of fused-ring (bicyclic) bond motifs is 1. The third kappa shape index (κ3) is 4.75. The van der Waals surface area contributed by atoms with Crippen LogP contribution in [0.25, 0.3) is 10.8 Å². The Labute approximate surface area is 220 Å². The molecule has 2 N–H and O–H groups in total. The highest BCUT2D eigenvalue weighted by Crippen LogP contribution is 2.42. The first-order valence-electron chi connectivity index (χ1n) is 12.3. The lowest BCUT2D eigenvalue weighted by atomic mass is 9.73. The predicted octanol–water partition coefficient (Wildman–Crippen LogP) is 3.96. The lowest BCUT2D eigenvalue weighted by Crippen LogP contribution is -2.50. The van der Waals surface area contributed by atoms with E-state index in [0.717, 1.165) is 53.7 Å². The maximum atomic E-state index is 13.1. The molecule has 3 aromatic rings. The molecule has 2 fully saturated rings. The Kier molecular flexibility index (Phi) is 7.29. The summed E-state index contributed by atoms with van der Waals surface area (Å²) in [7, 11) is 1.63. The summed E-state index contributed by atoms with van der Waals surface area (Å²) >= 11 is 8.13. The zero-order chi connectivity index (χ0) is 25.4. The van der Waals surface area contributed by atoms with E-state index in [9.17, 15) is 4.79 Å². The van der Waals surface area contributed by atoms with Crippen molar-refractivity contribution in [2.45, 2.75) is 61.4 Å². The summed E-state index contributed by atoms with van der Waals surface area (Å²) in [4.78, 5) is 25.4. The molecule has 0 bridgehead atoms. The highest BCUT2D eigenvalue weighted by molar-refractivity contribution is 7.99. The van der Waals surface area contributed by atoms with Crippen molar-refractivity contribution in [1.29, 1.82) is 0 Å². The molecule has 0 radical (unpaired) electrons. The predicted molar refractivity (Wildman–Crippen MR) is 143 cm³/mol. The van der Waals surface area contributed by atoms with Crippen LogP contribution in [0.3, 0.4) is 0 Å². The average Bonchev–Trinajstić information content (AvgIpc) is 3.16. The molecule has 8 nitrogen and oxygen atoms in total. The Balaban J connectivity index is 1.30. The van der Waals surface area contributed by atoms with Gasteiger partial charge in [0.15, 0.2) is 0 Å². The van der Waals surface area contributed by atoms with Crippen LogP contribution in [0.5, 0.6) is 0 Å². The van der Waals surface area contributed by atoms with E-state index < -0.39 is 0 Å². The SMILES string of the molecule is COC(C)Cn1ccc2ccc(Sc3cnc(N4CCC5(CC4)CO[C@@H](C)[C@H]5N)cn3)c(Cl)c2c1=O. The van der Waals surface area contributed by atoms with Gasteiger partial charge in [0, 0.05) is 42.7 Å². The molecule has 10 heteroatoms. The van der Waals surface area contributed by atoms with Gasteiger partial charge in [-0.25, -0.2) is 9.97 Å². The molecule has 1 unspecified atom stereocenters. The number of benzene rings is 1. The largest absolute Gasteiger partial charge is 0.380 e. The smallest absolute Gasteiger partial charge is 0.260 e. The van der Waals surface area contributed by atoms with Crippen molar-refractivity contribution in [1.82, 2.24) is 14.5 Å². The summed E-state index contributed by atoms with van der Waals surface area (Å²) in [6.07, 6.45) is 7.37. The molecule has 1 aromatic carbocycles. The van der Waals surface area contributed by atoms with Crippen LogP contribution in [0.4, 0.5) is 5.82 Å². The molecule has 0 aliphatic carbocycles. The summed E-state index contributed by atoms with van der Waals surface area (Å²) in [5, 5.41) is 2.46. The first-order chi connectivity index (χ1) is 17.3. The monoisotopic (exact) mass is 529 g/mol. The summed E-state index contributed by atoms with van der Waals surface area (Å²) in [5.74, 6) is 0.856. The van der Waals surface area contributed by atoms with E-state index in [-0.39, 0.29) is 29.2 Å². The number of aromatic nitrogens is 3. The van der Waals surface area contributed by atoms with Crippen molar-refractivity contribution in [3.8, 4) is 0 Å². The first-order valence-corrected chi connectivity index (χ1v) is 13.5. The molecule has 2 saturated heterocycles. The zero-order valence-corrected chi connectivity index (χ0v) is 22.4. The second kappa shape index (κ2) is 10.3. The van der Waals surface area contributed by atoms with Gasteiger partial charge in [0.05, 0.1) is 48.2 Å². The molecule has 2 aliphatic heterocycles. The van der Waals surface area contributed by atoms with Crippen LogP contribution in [0.15, 0.2) is 51.5 Å². The fourth-order valence-corrected chi connectivity index (χ4v) is 6.31. The summed E-state index contributed by atoms with van der Waals surface area (Å²) < 4.78 is 12.8. The van der Waals surface area contributed by atoms with Gasteiger partial charge >= 0.3 is 0 Å². The molecule has 2 aromatic heterocycles. The van der Waals surface area contributed by atoms with Gasteiger partial charge in [0.25, 0.3) is 5.56 Å². The normalized spacial score (nSPS) is 22.4. The molecule has 5 rings (SSSR count). The van der Waals surface area contributed by atoms with Gasteiger partial charge in [-0.2, -0.15) is 0 Å². The van der Waals surface area contributed by atoms with E-state index in [1.54, 1.807) is 24.1 Å². The number of piperidine rings is 1. The van der Waals surface area contributed by atoms with Gasteiger partial charge < -0.3 is 24.7 Å². The number of ether oxygens (including phenoxy) is 2. The summed E-state index contributed by atoms with van der Waals surface area (Å²) in [5.41, 5.74) is 6.39. The highest BCUT2D eigenvalue weighted by Gasteiger charge is 2.47. The molecule has 1 spiro atoms. The van der Waals surface area contributed by atoms with Gasteiger partial charge in [0.1, 0.15) is 10.8 Å². The number of hydrogen-bond donors (Lipinski definition) is 1. The number of nitrogens with zero attached hydrogens (tertiary/aromatic N) is 4. The topological polar surface area (TPSA) is 95.5 Å². The van der Waals surface area contributed by atoms with Gasteiger partial charge in [0.2, 0.25) is 0 Å². The number of anilines is 1. The molecule has 3 atom stereocenters. The number of pyridine rings is 1. The number of halogens is 1. The van der Waals surface area contributed by atoms with Gasteiger partial charge in [-0.1, -0.05) is 29.4 Å². The second-order valence-electron chi connectivity index (χ2n) is 9.87. The minimum Gasteiger partial charge on any atom is -0.380 e. The maximum Gasteiger partial charge on any atom is 0.260 e. The summed E-state index contributed by atoms with van der Waals surface area (Å²) in [6.45, 7) is 6.96. The Morgan fingerprint density at radius 2 is 2.06 bits per heavy atom. The maximum absolute atomic E-state index is 13.1. The van der Waals surface area contributed by atoms with E-state index in [1.165, 1.54) is 11.8 Å². The van der Waals surface area contributed by atoms with E-state index in [0.29, 0.717) is 17.0 Å². The lowest BCUT2D eigenvalue weighted by molar-refractivity contribution is 0.0974. The average molecular weight is 530 g/mol. The molecule has 4 heterocycles. The Bertz CT molecular complexity index is 1290. The first kappa shape index (κ1) is 25.5. The molecule has 192 valence electrons. The van der Waals surface area contributed by atoms with Crippen molar-refractivity contribution >= 4 is 40.0 Å². The molecule has 36 heavy (non-hydrogen) atoms. The van der Waals surface area contributed by atoms with Crippen LogP contribution >= 0.6 is 23.4 Å². The van der Waals surface area contributed by atoms with E-state index in [1.807, 2.05) is 31.3 Å². The Morgan fingerprint density at radius 1 is 1.28 bits per heavy atom. The van der Waals surface area contributed by atoms with E-state index in [4.69, 9.17) is 26.8 Å². The summed E-state index contributed by atoms with van der Waals surface area (Å²) in [6, 6.07) is 5.83. The fourth-order valence-electron chi connectivity index (χ4n) is 5.18. The van der Waals surface area contributed by atoms with E-state index in [2.05, 4.69) is 21.8 Å². The number of hydrogen-bond acceptors (Lipinski definition) is 8. The Hall–Kier alpha value is -2.17. The van der Waals surface area contributed by atoms with Crippen LogP contribution in [0.2, 0.25) is 5.02 Å². The van der Waals surface area contributed by atoms with Crippen molar-refractivity contribution in [3.63, 3.8) is 0 Å². The standard InChI is InChI=1S/C26H32ClN5O3S/c1-16(34-3)14-32-9-6-18-4-5-19(23(27)22(18)25(32)33)36-21-13-29-20(12-30-21)31-10-7-26(8-11-31)15-35-17(2)24(26)28/h4-6,9,12-13,16-17,24H,7-8,10-11,14-15,28H2,1-3H3/t16?,17-,24+/m0/s1. The Morgan fingerprint density at radius 3 is 2.69 bits per heavy atom. The van der Waals surface area contributed by atoms with Crippen LogP contribution in [-0.2, 0) is 16.0 Å². The zero-order valence-electron chi connectivity index (χ0n) is 20.8. The molecular formula is C26H32ClN5O3S. The third-order valence-electron chi connectivity index (χ3n) is 7.66. The van der Waals surface area contributed by atoms with Crippen molar-refractivity contribution in [2.24, 2.45) is 11.1 Å². The molecular weight excluding hydrogens is 498 g/mol. The fraction of sp³-hybridized carbons (Fsp3) is 0.500. The second-order valence-corrected chi connectivity index (χ2v) is 11.3. The number of nitrogens with two attached hydrogens (primary N) is 1. The molecule has 0 saturated carbocycles. The minimum atomic E-state index is -0.130. The van der Waals surface area contributed by atoms with Crippen molar-refractivity contribution in [2.75, 3.05) is 31.7 Å². The highest BCUT2D eigenvalue weighted by atomic mass is 35.5. The van der Waals surface area contributed by atoms with Crippen LogP contribution in [0, 0.1) is 5.41 Å². The quantitative estimate of drug-likeness (QED) is 0.512.